The van der Waals surface area contributed by atoms with Crippen LogP contribution in [0.25, 0.3) is 0 Å². The van der Waals surface area contributed by atoms with Gasteiger partial charge >= 0.3 is 0 Å². The van der Waals surface area contributed by atoms with Crippen LogP contribution in [0.5, 0.6) is 0 Å². The van der Waals surface area contributed by atoms with Gasteiger partial charge < -0.3 is 5.32 Å². The van der Waals surface area contributed by atoms with E-state index in [2.05, 4.69) is 26.1 Å². The summed E-state index contributed by atoms with van der Waals surface area (Å²) in [5.41, 5.74) is 0.843. The van der Waals surface area contributed by atoms with E-state index in [4.69, 9.17) is 0 Å². The molecule has 0 aliphatic rings. The fourth-order valence-corrected chi connectivity index (χ4v) is 2.21. The summed E-state index contributed by atoms with van der Waals surface area (Å²) in [5, 5.41) is 3.58. The number of hydrogen-bond acceptors (Lipinski definition) is 1. The third-order valence-electron chi connectivity index (χ3n) is 3.38. The van der Waals surface area contributed by atoms with Gasteiger partial charge in [0.1, 0.15) is 5.82 Å². The highest BCUT2D eigenvalue weighted by Crippen LogP contribution is 2.14. The van der Waals surface area contributed by atoms with Crippen LogP contribution >= 0.6 is 0 Å². The average molecular weight is 251 g/mol. The van der Waals surface area contributed by atoms with Crippen LogP contribution in [0.15, 0.2) is 24.3 Å². The van der Waals surface area contributed by atoms with Crippen LogP contribution in [0.4, 0.5) is 4.39 Å². The van der Waals surface area contributed by atoms with E-state index < -0.39 is 0 Å². The van der Waals surface area contributed by atoms with Crippen LogP contribution in [0, 0.1) is 11.7 Å². The minimum Gasteiger partial charge on any atom is -0.314 e. The SMILES string of the molecule is CCCNC(CCCc1ccccc1F)C(C)C. The molecule has 1 N–H and O–H groups in total. The van der Waals surface area contributed by atoms with Gasteiger partial charge in [-0.2, -0.15) is 0 Å². The number of benzene rings is 1. The van der Waals surface area contributed by atoms with Crippen molar-refractivity contribution < 1.29 is 4.39 Å². The quantitative estimate of drug-likeness (QED) is 0.731. The van der Waals surface area contributed by atoms with Crippen LogP contribution in [0.1, 0.15) is 45.6 Å². The third kappa shape index (κ3) is 5.18. The van der Waals surface area contributed by atoms with Crippen molar-refractivity contribution in [1.29, 1.82) is 0 Å². The summed E-state index contributed by atoms with van der Waals surface area (Å²) in [6.07, 6.45) is 4.16. The zero-order valence-corrected chi connectivity index (χ0v) is 11.9. The lowest BCUT2D eigenvalue weighted by atomic mass is 9.96. The Bertz CT molecular complexity index is 336. The predicted octanol–water partition coefficient (Wildman–Crippen LogP) is 4.17. The Labute approximate surface area is 111 Å². The standard InChI is InChI=1S/C16H26FN/c1-4-12-18-16(13(2)3)11-7-9-14-8-5-6-10-15(14)17/h5-6,8,10,13,16,18H,4,7,9,11-12H2,1-3H3. The van der Waals surface area contributed by atoms with E-state index in [0.29, 0.717) is 12.0 Å². The van der Waals surface area contributed by atoms with Gasteiger partial charge in [0.2, 0.25) is 0 Å². The van der Waals surface area contributed by atoms with E-state index in [1.165, 1.54) is 0 Å². The molecule has 0 aromatic heterocycles. The van der Waals surface area contributed by atoms with Crippen molar-refractivity contribution in [1.82, 2.24) is 5.32 Å². The number of rotatable bonds is 8. The van der Waals surface area contributed by atoms with Crippen molar-refractivity contribution in [2.45, 2.75) is 52.5 Å². The van der Waals surface area contributed by atoms with Gasteiger partial charge in [0.05, 0.1) is 0 Å². The van der Waals surface area contributed by atoms with Crippen LogP contribution in [-0.4, -0.2) is 12.6 Å². The van der Waals surface area contributed by atoms with Crippen molar-refractivity contribution >= 4 is 0 Å². The van der Waals surface area contributed by atoms with Crippen molar-refractivity contribution in [2.24, 2.45) is 5.92 Å². The van der Waals surface area contributed by atoms with Crippen molar-refractivity contribution in [3.8, 4) is 0 Å². The smallest absolute Gasteiger partial charge is 0.126 e. The Balaban J connectivity index is 2.36. The second kappa shape index (κ2) is 8.25. The Kier molecular flexibility index (Phi) is 6.96. The van der Waals surface area contributed by atoms with Gasteiger partial charge in [0.15, 0.2) is 0 Å². The van der Waals surface area contributed by atoms with Gasteiger partial charge in [0.25, 0.3) is 0 Å². The molecule has 1 aromatic rings. The molecule has 0 bridgehead atoms. The zero-order chi connectivity index (χ0) is 13.4. The molecular weight excluding hydrogens is 225 g/mol. The summed E-state index contributed by atoms with van der Waals surface area (Å²) < 4.78 is 13.5. The first kappa shape index (κ1) is 15.2. The molecule has 0 saturated carbocycles. The maximum atomic E-state index is 13.5. The molecule has 1 atom stereocenters. The molecule has 2 heteroatoms. The molecule has 0 radical (unpaired) electrons. The number of hydrogen-bond donors (Lipinski definition) is 1. The van der Waals surface area contributed by atoms with Gasteiger partial charge in [-0.3, -0.25) is 0 Å². The molecule has 0 aliphatic heterocycles. The Morgan fingerprint density at radius 2 is 1.94 bits per heavy atom. The molecule has 1 unspecified atom stereocenters. The molecule has 1 rings (SSSR count). The third-order valence-corrected chi connectivity index (χ3v) is 3.38. The van der Waals surface area contributed by atoms with E-state index >= 15 is 0 Å². The number of aryl methyl sites for hydroxylation is 1. The van der Waals surface area contributed by atoms with E-state index in [0.717, 1.165) is 37.8 Å². The molecule has 0 heterocycles. The summed E-state index contributed by atoms with van der Waals surface area (Å²) >= 11 is 0. The summed E-state index contributed by atoms with van der Waals surface area (Å²) in [6.45, 7) is 7.75. The molecule has 0 aliphatic carbocycles. The molecule has 18 heavy (non-hydrogen) atoms. The van der Waals surface area contributed by atoms with Crippen LogP contribution in [0.2, 0.25) is 0 Å². The highest BCUT2D eigenvalue weighted by atomic mass is 19.1. The second-order valence-corrected chi connectivity index (χ2v) is 5.29. The maximum absolute atomic E-state index is 13.5. The molecule has 1 aromatic carbocycles. The van der Waals surface area contributed by atoms with Gasteiger partial charge in [0, 0.05) is 6.04 Å². The van der Waals surface area contributed by atoms with E-state index in [9.17, 15) is 4.39 Å². The Morgan fingerprint density at radius 1 is 1.22 bits per heavy atom. The fraction of sp³-hybridized carbons (Fsp3) is 0.625. The summed E-state index contributed by atoms with van der Waals surface area (Å²) in [7, 11) is 0. The molecule has 0 amide bonds. The topological polar surface area (TPSA) is 12.0 Å². The zero-order valence-electron chi connectivity index (χ0n) is 11.9. The minimum absolute atomic E-state index is 0.0693. The van der Waals surface area contributed by atoms with Crippen molar-refractivity contribution in [2.75, 3.05) is 6.54 Å². The van der Waals surface area contributed by atoms with Crippen LogP contribution < -0.4 is 5.32 Å². The molecule has 0 fully saturated rings. The summed E-state index contributed by atoms with van der Waals surface area (Å²) in [6, 6.07) is 7.65. The average Bonchev–Trinajstić information content (AvgIpc) is 2.35. The van der Waals surface area contributed by atoms with Crippen molar-refractivity contribution in [3.05, 3.63) is 35.6 Å². The van der Waals surface area contributed by atoms with Gasteiger partial charge in [-0.25, -0.2) is 4.39 Å². The first-order chi connectivity index (χ1) is 8.65. The molecule has 1 nitrogen and oxygen atoms in total. The van der Waals surface area contributed by atoms with Gasteiger partial charge in [-0.15, -0.1) is 0 Å². The molecular formula is C16H26FN. The lowest BCUT2D eigenvalue weighted by Crippen LogP contribution is -2.34. The lowest BCUT2D eigenvalue weighted by Gasteiger charge is -2.22. The largest absolute Gasteiger partial charge is 0.314 e. The summed E-state index contributed by atoms with van der Waals surface area (Å²) in [5.74, 6) is 0.567. The van der Waals surface area contributed by atoms with E-state index in [1.54, 1.807) is 12.1 Å². The van der Waals surface area contributed by atoms with Crippen molar-refractivity contribution in [3.63, 3.8) is 0 Å². The van der Waals surface area contributed by atoms with Gasteiger partial charge in [-0.1, -0.05) is 39.0 Å². The number of nitrogens with one attached hydrogen (secondary N) is 1. The van der Waals surface area contributed by atoms with Gasteiger partial charge in [-0.05, 0) is 49.8 Å². The first-order valence-electron chi connectivity index (χ1n) is 7.12. The summed E-state index contributed by atoms with van der Waals surface area (Å²) in [4.78, 5) is 0. The van der Waals surface area contributed by atoms with Crippen LogP contribution in [0.3, 0.4) is 0 Å². The highest BCUT2D eigenvalue weighted by Gasteiger charge is 2.12. The molecule has 0 spiro atoms. The molecule has 102 valence electrons. The maximum Gasteiger partial charge on any atom is 0.126 e. The second-order valence-electron chi connectivity index (χ2n) is 5.29. The van der Waals surface area contributed by atoms with E-state index in [-0.39, 0.29) is 5.82 Å². The van der Waals surface area contributed by atoms with Crippen LogP contribution in [-0.2, 0) is 6.42 Å². The normalized spacial score (nSPS) is 12.9. The Morgan fingerprint density at radius 3 is 2.56 bits per heavy atom. The lowest BCUT2D eigenvalue weighted by molar-refractivity contribution is 0.370. The fourth-order valence-electron chi connectivity index (χ4n) is 2.21. The number of halogens is 1. The highest BCUT2D eigenvalue weighted by molar-refractivity contribution is 5.17. The first-order valence-corrected chi connectivity index (χ1v) is 7.12. The monoisotopic (exact) mass is 251 g/mol. The molecule has 0 saturated heterocycles. The minimum atomic E-state index is -0.0693. The Hall–Kier alpha value is -0.890. The van der Waals surface area contributed by atoms with E-state index in [1.807, 2.05) is 12.1 Å². The predicted molar refractivity (Wildman–Crippen MR) is 76.3 cm³/mol.